The van der Waals surface area contributed by atoms with Crippen molar-refractivity contribution < 1.29 is 4.79 Å². The highest BCUT2D eigenvalue weighted by molar-refractivity contribution is 6.31. The molecule has 1 aliphatic rings. The average molecular weight is 316 g/mol. The molecular formula is C17H18ClN3O. The summed E-state index contributed by atoms with van der Waals surface area (Å²) in [4.78, 5) is 18.5. The van der Waals surface area contributed by atoms with E-state index in [1.54, 1.807) is 12.3 Å². The molecule has 1 N–H and O–H groups in total. The molecule has 0 aliphatic carbocycles. The maximum Gasteiger partial charge on any atom is 0.272 e. The van der Waals surface area contributed by atoms with Crippen molar-refractivity contribution in [2.75, 3.05) is 18.4 Å². The number of rotatable bonds is 3. The van der Waals surface area contributed by atoms with Crippen LogP contribution in [0.2, 0.25) is 5.02 Å². The number of anilines is 2. The Hall–Kier alpha value is -2.07. The van der Waals surface area contributed by atoms with Crippen LogP contribution < -0.4 is 5.32 Å². The number of pyridine rings is 1. The number of benzene rings is 1. The molecule has 0 atom stereocenters. The first-order valence-electron chi connectivity index (χ1n) is 7.42. The number of halogens is 1. The second-order valence-corrected chi connectivity index (χ2v) is 5.87. The molecule has 1 aromatic carbocycles. The quantitative estimate of drug-likeness (QED) is 0.930. The molecule has 0 bridgehead atoms. The lowest BCUT2D eigenvalue weighted by atomic mass is 10.2. The predicted octanol–water partition coefficient (Wildman–Crippen LogP) is 4.02. The normalized spacial score (nSPS) is 14.2. The van der Waals surface area contributed by atoms with E-state index in [1.807, 2.05) is 36.1 Å². The van der Waals surface area contributed by atoms with Gasteiger partial charge in [0.05, 0.1) is 0 Å². The van der Waals surface area contributed by atoms with Crippen LogP contribution in [0.25, 0.3) is 0 Å². The van der Waals surface area contributed by atoms with Gasteiger partial charge in [-0.15, -0.1) is 0 Å². The van der Waals surface area contributed by atoms with Crippen LogP contribution in [0.5, 0.6) is 0 Å². The first-order chi connectivity index (χ1) is 10.6. The van der Waals surface area contributed by atoms with Crippen molar-refractivity contribution in [1.82, 2.24) is 9.88 Å². The van der Waals surface area contributed by atoms with E-state index in [2.05, 4.69) is 10.3 Å². The van der Waals surface area contributed by atoms with Crippen molar-refractivity contribution in [3.63, 3.8) is 0 Å². The Morgan fingerprint density at radius 3 is 2.82 bits per heavy atom. The fourth-order valence-corrected chi connectivity index (χ4v) is 2.78. The van der Waals surface area contributed by atoms with Crippen molar-refractivity contribution in [2.24, 2.45) is 0 Å². The highest BCUT2D eigenvalue weighted by atomic mass is 35.5. The fraction of sp³-hybridized carbons (Fsp3) is 0.294. The molecule has 0 radical (unpaired) electrons. The summed E-state index contributed by atoms with van der Waals surface area (Å²) in [5.41, 5.74) is 3.22. The van der Waals surface area contributed by atoms with Crippen LogP contribution in [0.1, 0.15) is 28.9 Å². The summed E-state index contributed by atoms with van der Waals surface area (Å²) in [6.45, 7) is 3.61. The van der Waals surface area contributed by atoms with E-state index in [-0.39, 0.29) is 5.91 Å². The molecule has 0 saturated carbocycles. The molecule has 3 rings (SSSR count). The van der Waals surface area contributed by atoms with E-state index >= 15 is 0 Å². The average Bonchev–Trinajstić information content (AvgIpc) is 3.06. The fourth-order valence-electron chi connectivity index (χ4n) is 2.61. The molecule has 4 nitrogen and oxygen atoms in total. The van der Waals surface area contributed by atoms with Crippen LogP contribution in [0.4, 0.5) is 11.4 Å². The van der Waals surface area contributed by atoms with Crippen LogP contribution in [0, 0.1) is 6.92 Å². The van der Waals surface area contributed by atoms with Crippen molar-refractivity contribution in [1.29, 1.82) is 0 Å². The molecule has 2 aromatic rings. The number of hydrogen-bond donors (Lipinski definition) is 1. The van der Waals surface area contributed by atoms with Gasteiger partial charge in [0.1, 0.15) is 5.69 Å². The van der Waals surface area contributed by atoms with Gasteiger partial charge >= 0.3 is 0 Å². The van der Waals surface area contributed by atoms with Crippen LogP contribution in [0.3, 0.4) is 0 Å². The standard InChI is InChI=1S/C17H18ClN3O/c1-12-14(18)5-4-6-15(12)20-13-7-8-19-16(11-13)17(22)21-9-2-3-10-21/h4-8,11H,2-3,9-10H2,1H3,(H,19,20). The third-order valence-corrected chi connectivity index (χ3v) is 4.33. The van der Waals surface area contributed by atoms with Crippen LogP contribution in [0.15, 0.2) is 36.5 Å². The SMILES string of the molecule is Cc1c(Cl)cccc1Nc1ccnc(C(=O)N2CCCC2)c1. The van der Waals surface area contributed by atoms with Crippen molar-refractivity contribution in [3.8, 4) is 0 Å². The zero-order chi connectivity index (χ0) is 15.5. The number of nitrogens with one attached hydrogen (secondary N) is 1. The summed E-state index contributed by atoms with van der Waals surface area (Å²) in [6, 6.07) is 9.36. The van der Waals surface area contributed by atoms with E-state index < -0.39 is 0 Å². The van der Waals surface area contributed by atoms with Gasteiger partial charge in [-0.05, 0) is 49.6 Å². The third-order valence-electron chi connectivity index (χ3n) is 3.92. The summed E-state index contributed by atoms with van der Waals surface area (Å²) in [6.07, 6.45) is 3.81. The molecule has 1 fully saturated rings. The van der Waals surface area contributed by atoms with Gasteiger partial charge in [-0.1, -0.05) is 17.7 Å². The number of nitrogens with zero attached hydrogens (tertiary/aromatic N) is 2. The highest BCUT2D eigenvalue weighted by Gasteiger charge is 2.20. The van der Waals surface area contributed by atoms with Crippen LogP contribution in [-0.2, 0) is 0 Å². The summed E-state index contributed by atoms with van der Waals surface area (Å²) in [5.74, 6) is 0.00367. The second-order valence-electron chi connectivity index (χ2n) is 5.47. The lowest BCUT2D eigenvalue weighted by molar-refractivity contribution is 0.0787. The molecule has 5 heteroatoms. The number of aromatic nitrogens is 1. The molecule has 114 valence electrons. The molecule has 0 unspecified atom stereocenters. The van der Waals surface area contributed by atoms with Gasteiger partial charge < -0.3 is 10.2 Å². The number of carbonyl (C=O) groups is 1. The number of hydrogen-bond acceptors (Lipinski definition) is 3. The van der Waals surface area contributed by atoms with Gasteiger partial charge in [-0.3, -0.25) is 9.78 Å². The molecule has 1 aliphatic heterocycles. The number of amides is 1. The Morgan fingerprint density at radius 1 is 1.27 bits per heavy atom. The summed E-state index contributed by atoms with van der Waals surface area (Å²) >= 11 is 6.13. The highest BCUT2D eigenvalue weighted by Crippen LogP contribution is 2.26. The summed E-state index contributed by atoms with van der Waals surface area (Å²) in [7, 11) is 0. The second kappa shape index (κ2) is 6.36. The van der Waals surface area contributed by atoms with Crippen LogP contribution >= 0.6 is 11.6 Å². The van der Waals surface area contributed by atoms with E-state index in [0.717, 1.165) is 42.9 Å². The molecule has 0 spiro atoms. The first kappa shape index (κ1) is 14.9. The van der Waals surface area contributed by atoms with Crippen molar-refractivity contribution in [2.45, 2.75) is 19.8 Å². The molecule has 1 aromatic heterocycles. The molecule has 1 amide bonds. The zero-order valence-electron chi connectivity index (χ0n) is 12.5. The van der Waals surface area contributed by atoms with Crippen molar-refractivity contribution in [3.05, 3.63) is 52.8 Å². The maximum atomic E-state index is 12.4. The minimum Gasteiger partial charge on any atom is -0.355 e. The lowest BCUT2D eigenvalue weighted by Crippen LogP contribution is -2.28. The predicted molar refractivity (Wildman–Crippen MR) is 88.8 cm³/mol. The maximum absolute atomic E-state index is 12.4. The summed E-state index contributed by atoms with van der Waals surface area (Å²) < 4.78 is 0. The smallest absolute Gasteiger partial charge is 0.272 e. The molecular weight excluding hydrogens is 298 g/mol. The Bertz CT molecular complexity index is 696. The molecule has 22 heavy (non-hydrogen) atoms. The number of likely N-dealkylation sites (tertiary alicyclic amines) is 1. The third kappa shape index (κ3) is 3.07. The van der Waals surface area contributed by atoms with Gasteiger partial charge in [-0.2, -0.15) is 0 Å². The lowest BCUT2D eigenvalue weighted by Gasteiger charge is -2.15. The Labute approximate surface area is 135 Å². The van der Waals surface area contributed by atoms with Gasteiger partial charge in [0.15, 0.2) is 0 Å². The monoisotopic (exact) mass is 315 g/mol. The molecule has 1 saturated heterocycles. The largest absolute Gasteiger partial charge is 0.355 e. The summed E-state index contributed by atoms with van der Waals surface area (Å²) in [5, 5.41) is 4.02. The van der Waals surface area contributed by atoms with E-state index in [9.17, 15) is 4.79 Å². The first-order valence-corrected chi connectivity index (χ1v) is 7.80. The van der Waals surface area contributed by atoms with Gasteiger partial charge in [0, 0.05) is 35.7 Å². The minimum absolute atomic E-state index is 0.00367. The number of carbonyl (C=O) groups excluding carboxylic acids is 1. The van der Waals surface area contributed by atoms with E-state index in [0.29, 0.717) is 10.7 Å². The Morgan fingerprint density at radius 2 is 2.05 bits per heavy atom. The van der Waals surface area contributed by atoms with Crippen LogP contribution in [-0.4, -0.2) is 28.9 Å². The minimum atomic E-state index is 0.00367. The topological polar surface area (TPSA) is 45.2 Å². The Balaban J connectivity index is 1.82. The van der Waals surface area contributed by atoms with Gasteiger partial charge in [-0.25, -0.2) is 0 Å². The van der Waals surface area contributed by atoms with E-state index in [1.165, 1.54) is 0 Å². The Kier molecular flexibility index (Phi) is 4.29. The van der Waals surface area contributed by atoms with Gasteiger partial charge in [0.2, 0.25) is 0 Å². The zero-order valence-corrected chi connectivity index (χ0v) is 13.2. The van der Waals surface area contributed by atoms with Crippen molar-refractivity contribution >= 4 is 28.9 Å². The van der Waals surface area contributed by atoms with Gasteiger partial charge in [0.25, 0.3) is 5.91 Å². The van der Waals surface area contributed by atoms with E-state index in [4.69, 9.17) is 11.6 Å². The molecule has 2 heterocycles.